The number of hydrogen-bond donors (Lipinski definition) is 1. The van der Waals surface area contributed by atoms with E-state index in [9.17, 15) is 0 Å². The molecule has 2 aliphatic rings. The summed E-state index contributed by atoms with van der Waals surface area (Å²) in [6.07, 6.45) is 17.2. The fraction of sp³-hybridized carbons (Fsp3) is 1.00. The van der Waals surface area contributed by atoms with E-state index < -0.39 is 0 Å². The third-order valence-corrected chi connectivity index (χ3v) is 5.71. The van der Waals surface area contributed by atoms with E-state index in [-0.39, 0.29) is 0 Å². The molecule has 2 fully saturated rings. The van der Waals surface area contributed by atoms with Crippen molar-refractivity contribution in [2.75, 3.05) is 0 Å². The molecule has 0 aliphatic heterocycles. The molecule has 1 atom stereocenters. The SMILES string of the molecule is CCC1CCC(C(N)CCC2CCCCC2)CC1. The maximum absolute atomic E-state index is 6.45. The molecule has 0 heterocycles. The second kappa shape index (κ2) is 7.53. The molecule has 0 aromatic heterocycles. The predicted octanol–water partition coefficient (Wildman–Crippen LogP) is 4.89. The lowest BCUT2D eigenvalue weighted by Gasteiger charge is -2.32. The van der Waals surface area contributed by atoms with Gasteiger partial charge in [0.1, 0.15) is 0 Å². The zero-order chi connectivity index (χ0) is 12.8. The molecular formula is C17H33N. The first-order valence-corrected chi connectivity index (χ1v) is 8.55. The van der Waals surface area contributed by atoms with Gasteiger partial charge in [0.15, 0.2) is 0 Å². The van der Waals surface area contributed by atoms with Gasteiger partial charge in [0.2, 0.25) is 0 Å². The normalized spacial score (nSPS) is 32.3. The molecule has 0 amide bonds. The molecule has 106 valence electrons. The third-order valence-electron chi connectivity index (χ3n) is 5.71. The van der Waals surface area contributed by atoms with Gasteiger partial charge in [-0.2, -0.15) is 0 Å². The van der Waals surface area contributed by atoms with Crippen molar-refractivity contribution < 1.29 is 0 Å². The molecule has 0 bridgehead atoms. The van der Waals surface area contributed by atoms with Crippen LogP contribution in [0.25, 0.3) is 0 Å². The monoisotopic (exact) mass is 251 g/mol. The lowest BCUT2D eigenvalue weighted by Crippen LogP contribution is -2.33. The third kappa shape index (κ3) is 4.26. The fourth-order valence-corrected chi connectivity index (χ4v) is 4.16. The van der Waals surface area contributed by atoms with Crippen molar-refractivity contribution >= 4 is 0 Å². The van der Waals surface area contributed by atoms with E-state index in [1.807, 2.05) is 0 Å². The summed E-state index contributed by atoms with van der Waals surface area (Å²) in [6, 6.07) is 0.504. The molecule has 0 radical (unpaired) electrons. The summed E-state index contributed by atoms with van der Waals surface area (Å²) in [6.45, 7) is 2.34. The lowest BCUT2D eigenvalue weighted by molar-refractivity contribution is 0.221. The van der Waals surface area contributed by atoms with E-state index in [0.29, 0.717) is 6.04 Å². The largest absolute Gasteiger partial charge is 0.327 e. The molecule has 18 heavy (non-hydrogen) atoms. The van der Waals surface area contributed by atoms with Crippen LogP contribution >= 0.6 is 0 Å². The van der Waals surface area contributed by atoms with Crippen molar-refractivity contribution in [1.29, 1.82) is 0 Å². The minimum Gasteiger partial charge on any atom is -0.327 e. The fourth-order valence-electron chi connectivity index (χ4n) is 4.16. The summed E-state index contributed by atoms with van der Waals surface area (Å²) in [4.78, 5) is 0. The van der Waals surface area contributed by atoms with Crippen LogP contribution in [0.3, 0.4) is 0 Å². The second-order valence-corrected chi connectivity index (χ2v) is 6.93. The summed E-state index contributed by atoms with van der Waals surface area (Å²) >= 11 is 0. The topological polar surface area (TPSA) is 26.0 Å². The summed E-state index contributed by atoms with van der Waals surface area (Å²) < 4.78 is 0. The van der Waals surface area contributed by atoms with Crippen LogP contribution in [0.4, 0.5) is 0 Å². The molecule has 2 saturated carbocycles. The van der Waals surface area contributed by atoms with Gasteiger partial charge < -0.3 is 5.73 Å². The van der Waals surface area contributed by atoms with Crippen LogP contribution in [0, 0.1) is 17.8 Å². The zero-order valence-corrected chi connectivity index (χ0v) is 12.4. The van der Waals surface area contributed by atoms with Gasteiger partial charge in [0.25, 0.3) is 0 Å². The highest BCUT2D eigenvalue weighted by molar-refractivity contribution is 4.80. The molecule has 0 aromatic carbocycles. The van der Waals surface area contributed by atoms with E-state index in [2.05, 4.69) is 6.92 Å². The van der Waals surface area contributed by atoms with Crippen LogP contribution in [-0.2, 0) is 0 Å². The molecule has 1 heteroatoms. The maximum atomic E-state index is 6.45. The Labute approximate surface area is 114 Å². The number of rotatable bonds is 5. The summed E-state index contributed by atoms with van der Waals surface area (Å²) in [5.74, 6) is 2.86. The Bertz CT molecular complexity index is 212. The Hall–Kier alpha value is -0.0400. The Morgan fingerprint density at radius 2 is 1.56 bits per heavy atom. The van der Waals surface area contributed by atoms with E-state index in [0.717, 1.165) is 17.8 Å². The smallest absolute Gasteiger partial charge is 0.00672 e. The van der Waals surface area contributed by atoms with Crippen LogP contribution in [0.5, 0.6) is 0 Å². The van der Waals surface area contributed by atoms with Gasteiger partial charge in [0.05, 0.1) is 0 Å². The molecule has 1 unspecified atom stereocenters. The molecule has 2 N–H and O–H groups in total. The van der Waals surface area contributed by atoms with Gasteiger partial charge in [0, 0.05) is 6.04 Å². The standard InChI is InChI=1S/C17H33N/c1-2-14-8-11-16(12-9-14)17(18)13-10-15-6-4-3-5-7-15/h14-17H,2-13,18H2,1H3. The minimum absolute atomic E-state index is 0.504. The van der Waals surface area contributed by atoms with Gasteiger partial charge in [-0.1, -0.05) is 58.3 Å². The molecule has 2 rings (SSSR count). The summed E-state index contributed by atoms with van der Waals surface area (Å²) in [7, 11) is 0. The first-order chi connectivity index (χ1) is 8.79. The Morgan fingerprint density at radius 1 is 0.889 bits per heavy atom. The highest BCUT2D eigenvalue weighted by Crippen LogP contribution is 2.34. The van der Waals surface area contributed by atoms with E-state index in [1.165, 1.54) is 77.0 Å². The quantitative estimate of drug-likeness (QED) is 0.739. The van der Waals surface area contributed by atoms with Gasteiger partial charge >= 0.3 is 0 Å². The zero-order valence-electron chi connectivity index (χ0n) is 12.4. The van der Waals surface area contributed by atoms with Crippen molar-refractivity contribution in [2.24, 2.45) is 23.5 Å². The van der Waals surface area contributed by atoms with Gasteiger partial charge in [-0.15, -0.1) is 0 Å². The Kier molecular flexibility index (Phi) is 6.01. The summed E-state index contributed by atoms with van der Waals surface area (Å²) in [5.41, 5.74) is 6.45. The van der Waals surface area contributed by atoms with Gasteiger partial charge in [-0.3, -0.25) is 0 Å². The summed E-state index contributed by atoms with van der Waals surface area (Å²) in [5, 5.41) is 0. The molecular weight excluding hydrogens is 218 g/mol. The van der Waals surface area contributed by atoms with E-state index in [4.69, 9.17) is 5.73 Å². The average Bonchev–Trinajstić information content (AvgIpc) is 2.46. The van der Waals surface area contributed by atoms with Crippen LogP contribution < -0.4 is 5.73 Å². The molecule has 2 aliphatic carbocycles. The molecule has 0 spiro atoms. The van der Waals surface area contributed by atoms with Gasteiger partial charge in [-0.25, -0.2) is 0 Å². The van der Waals surface area contributed by atoms with Crippen molar-refractivity contribution in [3.63, 3.8) is 0 Å². The Morgan fingerprint density at radius 3 is 2.17 bits per heavy atom. The molecule has 0 aromatic rings. The van der Waals surface area contributed by atoms with Gasteiger partial charge in [-0.05, 0) is 43.4 Å². The van der Waals surface area contributed by atoms with E-state index in [1.54, 1.807) is 0 Å². The van der Waals surface area contributed by atoms with Crippen molar-refractivity contribution in [3.05, 3.63) is 0 Å². The predicted molar refractivity (Wildman–Crippen MR) is 79.5 cm³/mol. The number of nitrogens with two attached hydrogens (primary N) is 1. The van der Waals surface area contributed by atoms with Crippen molar-refractivity contribution in [2.45, 2.75) is 90.0 Å². The van der Waals surface area contributed by atoms with Crippen LogP contribution in [-0.4, -0.2) is 6.04 Å². The van der Waals surface area contributed by atoms with Crippen molar-refractivity contribution in [1.82, 2.24) is 0 Å². The van der Waals surface area contributed by atoms with Crippen LogP contribution in [0.15, 0.2) is 0 Å². The van der Waals surface area contributed by atoms with Crippen molar-refractivity contribution in [3.8, 4) is 0 Å². The first kappa shape index (κ1) is 14.4. The highest BCUT2D eigenvalue weighted by Gasteiger charge is 2.25. The molecule has 0 saturated heterocycles. The van der Waals surface area contributed by atoms with Crippen LogP contribution in [0.2, 0.25) is 0 Å². The Balaban J connectivity index is 1.63. The first-order valence-electron chi connectivity index (χ1n) is 8.55. The van der Waals surface area contributed by atoms with E-state index >= 15 is 0 Å². The number of hydrogen-bond acceptors (Lipinski definition) is 1. The maximum Gasteiger partial charge on any atom is 0.00672 e. The lowest BCUT2D eigenvalue weighted by atomic mass is 9.76. The minimum atomic E-state index is 0.504. The van der Waals surface area contributed by atoms with Crippen LogP contribution in [0.1, 0.15) is 84.0 Å². The molecule has 1 nitrogen and oxygen atoms in total. The highest BCUT2D eigenvalue weighted by atomic mass is 14.6. The average molecular weight is 251 g/mol. The second-order valence-electron chi connectivity index (χ2n) is 6.93.